The molecule has 1 saturated heterocycles. The summed E-state index contributed by atoms with van der Waals surface area (Å²) >= 11 is 0. The average molecular weight is 143 g/mol. The molecule has 0 aromatic rings. The molecule has 1 fully saturated rings. The minimum Gasteiger partial charge on any atom is -0.452 e. The van der Waals surface area contributed by atoms with Gasteiger partial charge in [0.25, 0.3) is 0 Å². The summed E-state index contributed by atoms with van der Waals surface area (Å²) in [6.45, 7) is 0. The molecule has 0 saturated carbocycles. The zero-order valence-electron chi connectivity index (χ0n) is 5.07. The van der Waals surface area contributed by atoms with Crippen molar-refractivity contribution in [3.05, 3.63) is 4.91 Å². The first-order valence-electron chi connectivity index (χ1n) is 2.80. The summed E-state index contributed by atoms with van der Waals surface area (Å²) in [6, 6.07) is 0. The maximum atomic E-state index is 10.4. The summed E-state index contributed by atoms with van der Waals surface area (Å²) in [6.07, 6.45) is -0.431. The Labute approximate surface area is 56.3 Å². The third-order valence-corrected chi connectivity index (χ3v) is 1.25. The van der Waals surface area contributed by atoms with Crippen LogP contribution in [0.15, 0.2) is 5.18 Å². The van der Waals surface area contributed by atoms with Crippen molar-refractivity contribution < 1.29 is 14.3 Å². The molecule has 1 rings (SSSR count). The number of nitrogens with zero attached hydrogens (tertiary/aromatic N) is 1. The molecule has 1 atom stereocenters. The lowest BCUT2D eigenvalue weighted by atomic mass is 10.2. The molecule has 0 unspecified atom stereocenters. The van der Waals surface area contributed by atoms with Gasteiger partial charge in [-0.1, -0.05) is 0 Å². The molecule has 1 amide bonds. The zero-order chi connectivity index (χ0) is 7.56. The zero-order valence-corrected chi connectivity index (χ0v) is 5.07. The van der Waals surface area contributed by atoms with Crippen molar-refractivity contribution in [2.45, 2.75) is 18.9 Å². The van der Waals surface area contributed by atoms with Crippen molar-refractivity contribution in [1.29, 1.82) is 0 Å². The van der Waals surface area contributed by atoms with Crippen molar-refractivity contribution in [3.63, 3.8) is 0 Å². The van der Waals surface area contributed by atoms with Crippen molar-refractivity contribution in [2.75, 3.05) is 0 Å². The number of carbonyl (C=O) groups is 2. The first-order chi connectivity index (χ1) is 4.74. The van der Waals surface area contributed by atoms with E-state index in [0.717, 1.165) is 0 Å². The molecule has 1 aliphatic rings. The molecule has 0 spiro atoms. The molecule has 10 heavy (non-hydrogen) atoms. The predicted octanol–water partition coefficient (Wildman–Crippen LogP) is -0.0150. The van der Waals surface area contributed by atoms with Crippen LogP contribution in [-0.4, -0.2) is 18.0 Å². The largest absolute Gasteiger partial charge is 0.452 e. The Kier molecular flexibility index (Phi) is 1.75. The van der Waals surface area contributed by atoms with Crippen molar-refractivity contribution in [1.82, 2.24) is 0 Å². The van der Waals surface area contributed by atoms with E-state index in [9.17, 15) is 14.5 Å². The molecule has 0 aliphatic carbocycles. The fraction of sp³-hybridized carbons (Fsp3) is 0.600. The number of cyclic esters (lactones) is 1. The Morgan fingerprint density at radius 2 is 2.40 bits per heavy atom. The van der Waals surface area contributed by atoms with E-state index in [1.807, 2.05) is 0 Å². The molecular formula is C5H5NO4. The van der Waals surface area contributed by atoms with Crippen LogP contribution in [0, 0.1) is 4.91 Å². The van der Waals surface area contributed by atoms with Gasteiger partial charge in [0.1, 0.15) is 0 Å². The number of nitroso groups, excluding NO2 is 1. The molecule has 0 aromatic heterocycles. The molecule has 1 aliphatic heterocycles. The highest BCUT2D eigenvalue weighted by atomic mass is 16.6. The summed E-state index contributed by atoms with van der Waals surface area (Å²) in [5, 5.41) is 2.14. The van der Waals surface area contributed by atoms with Gasteiger partial charge in [-0.05, 0) is 0 Å². The van der Waals surface area contributed by atoms with Crippen LogP contribution in [0.5, 0.6) is 0 Å². The number of esters is 1. The Bertz CT molecular complexity index is 188. The number of hydrogen-bond acceptors (Lipinski definition) is 4. The Hall–Kier alpha value is -1.26. The second-order valence-electron chi connectivity index (χ2n) is 1.95. The molecule has 0 N–H and O–H groups in total. The number of hydrogen-bond donors (Lipinski definition) is 0. The quantitative estimate of drug-likeness (QED) is 0.382. The van der Waals surface area contributed by atoms with Crippen LogP contribution >= 0.6 is 0 Å². The van der Waals surface area contributed by atoms with E-state index in [4.69, 9.17) is 0 Å². The molecule has 54 valence electrons. The average Bonchev–Trinajstić information content (AvgIpc) is 2.34. The van der Waals surface area contributed by atoms with E-state index >= 15 is 0 Å². The van der Waals surface area contributed by atoms with Crippen molar-refractivity contribution >= 4 is 11.9 Å². The molecule has 5 heteroatoms. The van der Waals surface area contributed by atoms with E-state index in [1.165, 1.54) is 0 Å². The third-order valence-electron chi connectivity index (χ3n) is 1.25. The summed E-state index contributed by atoms with van der Waals surface area (Å²) in [4.78, 5) is 30.4. The molecule has 0 radical (unpaired) electrons. The Morgan fingerprint density at radius 3 is 2.80 bits per heavy atom. The normalized spacial score (nSPS) is 24.0. The van der Waals surface area contributed by atoms with Gasteiger partial charge in [-0.3, -0.25) is 9.59 Å². The van der Waals surface area contributed by atoms with E-state index in [1.54, 1.807) is 0 Å². The second-order valence-corrected chi connectivity index (χ2v) is 1.95. The minimum absolute atomic E-state index is 0.200. The first kappa shape index (κ1) is 6.85. The van der Waals surface area contributed by atoms with Crippen LogP contribution in [-0.2, 0) is 14.3 Å². The number of rotatable bonds is 1. The van der Waals surface area contributed by atoms with Crippen molar-refractivity contribution in [3.8, 4) is 0 Å². The van der Waals surface area contributed by atoms with Crippen LogP contribution in [0.4, 0.5) is 0 Å². The van der Waals surface area contributed by atoms with Crippen LogP contribution < -0.4 is 0 Å². The molecular weight excluding hydrogens is 138 g/mol. The van der Waals surface area contributed by atoms with Gasteiger partial charge in [0.2, 0.25) is 0 Å². The molecule has 1 heterocycles. The van der Waals surface area contributed by atoms with E-state index < -0.39 is 18.0 Å². The number of amides is 1. The molecule has 5 nitrogen and oxygen atoms in total. The standard InChI is InChI=1S/C5H5NO4/c7-4-2-1-3(10-4)5(8)6-9/h3H,1-2H2/t3-/m0/s1. The SMILES string of the molecule is O=NC(=O)[C@@H]1CCC(=O)O1. The first-order valence-corrected chi connectivity index (χ1v) is 2.80. The minimum atomic E-state index is -0.912. The molecule has 0 aromatic carbocycles. The lowest BCUT2D eigenvalue weighted by Gasteiger charge is -1.98. The summed E-state index contributed by atoms with van der Waals surface area (Å²) in [7, 11) is 0. The highest BCUT2D eigenvalue weighted by Crippen LogP contribution is 2.14. The van der Waals surface area contributed by atoms with E-state index in [0.29, 0.717) is 0 Å². The number of ether oxygens (including phenoxy) is 1. The third kappa shape index (κ3) is 1.18. The summed E-state index contributed by atoms with van der Waals surface area (Å²) in [5.74, 6) is -1.34. The monoisotopic (exact) mass is 143 g/mol. The lowest BCUT2D eigenvalue weighted by molar-refractivity contribution is -0.146. The van der Waals surface area contributed by atoms with Gasteiger partial charge >= 0.3 is 11.9 Å². The highest BCUT2D eigenvalue weighted by Gasteiger charge is 2.30. The van der Waals surface area contributed by atoms with Gasteiger partial charge in [-0.2, -0.15) is 0 Å². The second kappa shape index (κ2) is 2.55. The van der Waals surface area contributed by atoms with Crippen LogP contribution in [0.25, 0.3) is 0 Å². The van der Waals surface area contributed by atoms with Gasteiger partial charge in [-0.25, -0.2) is 0 Å². The van der Waals surface area contributed by atoms with Gasteiger partial charge in [0.05, 0.1) is 0 Å². The van der Waals surface area contributed by atoms with Gasteiger partial charge < -0.3 is 4.74 Å². The summed E-state index contributed by atoms with van der Waals surface area (Å²) in [5.41, 5.74) is 0. The lowest BCUT2D eigenvalue weighted by Crippen LogP contribution is -2.17. The number of carbonyl (C=O) groups excluding carboxylic acids is 2. The van der Waals surface area contributed by atoms with Gasteiger partial charge in [0.15, 0.2) is 6.10 Å². The van der Waals surface area contributed by atoms with E-state index in [2.05, 4.69) is 9.91 Å². The Balaban J connectivity index is 2.52. The van der Waals surface area contributed by atoms with E-state index in [-0.39, 0.29) is 12.8 Å². The maximum absolute atomic E-state index is 10.4. The fourth-order valence-corrected chi connectivity index (χ4v) is 0.758. The van der Waals surface area contributed by atoms with Gasteiger partial charge in [-0.15, -0.1) is 4.91 Å². The fourth-order valence-electron chi connectivity index (χ4n) is 0.758. The molecule has 0 bridgehead atoms. The Morgan fingerprint density at radius 1 is 1.70 bits per heavy atom. The van der Waals surface area contributed by atoms with Crippen LogP contribution in [0.2, 0.25) is 0 Å². The topological polar surface area (TPSA) is 72.8 Å². The highest BCUT2D eigenvalue weighted by molar-refractivity contribution is 5.86. The summed E-state index contributed by atoms with van der Waals surface area (Å²) < 4.78 is 4.43. The predicted molar refractivity (Wildman–Crippen MR) is 29.9 cm³/mol. The van der Waals surface area contributed by atoms with Crippen LogP contribution in [0.3, 0.4) is 0 Å². The smallest absolute Gasteiger partial charge is 0.326 e. The van der Waals surface area contributed by atoms with Crippen molar-refractivity contribution in [2.24, 2.45) is 5.18 Å². The maximum Gasteiger partial charge on any atom is 0.326 e. The van der Waals surface area contributed by atoms with Gasteiger partial charge in [0, 0.05) is 18.0 Å². The van der Waals surface area contributed by atoms with Crippen LogP contribution in [0.1, 0.15) is 12.8 Å².